The highest BCUT2D eigenvalue weighted by atomic mass is 16.5. The van der Waals surface area contributed by atoms with Gasteiger partial charge in [0.25, 0.3) is 5.91 Å². The summed E-state index contributed by atoms with van der Waals surface area (Å²) in [7, 11) is 1.57. The molecule has 0 aliphatic heterocycles. The first-order chi connectivity index (χ1) is 13.1. The van der Waals surface area contributed by atoms with Gasteiger partial charge in [0.05, 0.1) is 37.0 Å². The summed E-state index contributed by atoms with van der Waals surface area (Å²) in [6.07, 6.45) is 1.45. The molecule has 3 aromatic rings. The molecular formula is C20H20N4O3. The van der Waals surface area contributed by atoms with Crippen LogP contribution in [0, 0.1) is 0 Å². The number of nitrogens with one attached hydrogen (secondary N) is 2. The van der Waals surface area contributed by atoms with Gasteiger partial charge in [-0.15, -0.1) is 0 Å². The lowest BCUT2D eigenvalue weighted by molar-refractivity contribution is -0.118. The molecule has 0 bridgehead atoms. The van der Waals surface area contributed by atoms with Crippen molar-refractivity contribution in [3.05, 3.63) is 71.9 Å². The maximum atomic E-state index is 12.8. The van der Waals surface area contributed by atoms with Crippen LogP contribution in [0.1, 0.15) is 28.4 Å². The zero-order valence-electron chi connectivity index (χ0n) is 14.8. The standard InChI is InChI=1S/C20H20N4O3/c1-27-15-9-7-13(8-10-15)17(11-18(21)25)23-20(26)16-12-22-24-19(16)14-5-3-2-4-6-14/h2-10,12,17H,11H2,1H3,(H2,21,25)(H,22,24)(H,23,26)/t17-/m0/s1. The van der Waals surface area contributed by atoms with Crippen LogP contribution in [-0.2, 0) is 4.79 Å². The van der Waals surface area contributed by atoms with Crippen molar-refractivity contribution in [3.63, 3.8) is 0 Å². The van der Waals surface area contributed by atoms with Gasteiger partial charge in [0.2, 0.25) is 5.91 Å². The van der Waals surface area contributed by atoms with Crippen LogP contribution >= 0.6 is 0 Å². The van der Waals surface area contributed by atoms with Gasteiger partial charge in [0.15, 0.2) is 0 Å². The summed E-state index contributed by atoms with van der Waals surface area (Å²) in [5, 5.41) is 9.72. The number of H-pyrrole nitrogens is 1. The fourth-order valence-electron chi connectivity index (χ4n) is 2.81. The van der Waals surface area contributed by atoms with Crippen LogP contribution in [-0.4, -0.2) is 29.1 Å². The van der Waals surface area contributed by atoms with Crippen molar-refractivity contribution >= 4 is 11.8 Å². The summed E-state index contributed by atoms with van der Waals surface area (Å²) in [5.74, 6) is -0.166. The van der Waals surface area contributed by atoms with E-state index in [0.717, 1.165) is 11.1 Å². The van der Waals surface area contributed by atoms with Crippen LogP contribution in [0.3, 0.4) is 0 Å². The maximum Gasteiger partial charge on any atom is 0.255 e. The second-order valence-corrected chi connectivity index (χ2v) is 5.99. The van der Waals surface area contributed by atoms with E-state index >= 15 is 0 Å². The summed E-state index contributed by atoms with van der Waals surface area (Å²) >= 11 is 0. The number of carbonyl (C=O) groups excluding carboxylic acids is 2. The summed E-state index contributed by atoms with van der Waals surface area (Å²) in [5.41, 5.74) is 7.97. The van der Waals surface area contributed by atoms with E-state index in [-0.39, 0.29) is 12.3 Å². The maximum absolute atomic E-state index is 12.8. The Morgan fingerprint density at radius 1 is 1.15 bits per heavy atom. The minimum atomic E-state index is -0.556. The third-order valence-corrected chi connectivity index (χ3v) is 4.18. The highest BCUT2D eigenvalue weighted by Gasteiger charge is 2.21. The van der Waals surface area contributed by atoms with Gasteiger partial charge in [-0.1, -0.05) is 42.5 Å². The molecule has 0 spiro atoms. The highest BCUT2D eigenvalue weighted by molar-refractivity contribution is 6.00. The Bertz CT molecular complexity index is 920. The Morgan fingerprint density at radius 2 is 1.85 bits per heavy atom. The molecule has 3 rings (SSSR count). The van der Waals surface area contributed by atoms with Crippen LogP contribution < -0.4 is 15.8 Å². The second kappa shape index (κ2) is 8.18. The number of rotatable bonds is 7. The predicted octanol–water partition coefficient (Wildman–Crippen LogP) is 2.43. The largest absolute Gasteiger partial charge is 0.497 e. The minimum Gasteiger partial charge on any atom is -0.497 e. The first-order valence-corrected chi connectivity index (χ1v) is 8.40. The van der Waals surface area contributed by atoms with E-state index in [1.807, 2.05) is 30.3 Å². The fraction of sp³-hybridized carbons (Fsp3) is 0.150. The zero-order valence-corrected chi connectivity index (χ0v) is 14.8. The van der Waals surface area contributed by atoms with Crippen molar-refractivity contribution in [2.24, 2.45) is 5.73 Å². The molecular weight excluding hydrogens is 344 g/mol. The van der Waals surface area contributed by atoms with Gasteiger partial charge in [0, 0.05) is 5.56 Å². The van der Waals surface area contributed by atoms with E-state index in [4.69, 9.17) is 10.5 Å². The summed E-state index contributed by atoms with van der Waals surface area (Å²) in [6, 6.07) is 16.0. The monoisotopic (exact) mass is 364 g/mol. The molecule has 0 radical (unpaired) electrons. The van der Waals surface area contributed by atoms with Crippen LogP contribution in [0.25, 0.3) is 11.3 Å². The van der Waals surface area contributed by atoms with E-state index in [9.17, 15) is 9.59 Å². The van der Waals surface area contributed by atoms with Crippen LogP contribution in [0.4, 0.5) is 0 Å². The predicted molar refractivity (Wildman–Crippen MR) is 101 cm³/mol. The number of amides is 2. The summed E-state index contributed by atoms with van der Waals surface area (Å²) in [4.78, 5) is 24.3. The van der Waals surface area contributed by atoms with E-state index in [0.29, 0.717) is 17.0 Å². The Balaban J connectivity index is 1.85. The number of hydrogen-bond acceptors (Lipinski definition) is 4. The molecule has 1 aromatic heterocycles. The molecule has 0 saturated heterocycles. The lowest BCUT2D eigenvalue weighted by Gasteiger charge is -2.18. The number of aromatic amines is 1. The van der Waals surface area contributed by atoms with Crippen molar-refractivity contribution in [2.75, 3.05) is 7.11 Å². The van der Waals surface area contributed by atoms with Gasteiger partial charge >= 0.3 is 0 Å². The van der Waals surface area contributed by atoms with Crippen molar-refractivity contribution < 1.29 is 14.3 Å². The van der Waals surface area contributed by atoms with E-state index in [1.54, 1.807) is 31.4 Å². The van der Waals surface area contributed by atoms with Gasteiger partial charge in [-0.3, -0.25) is 14.7 Å². The van der Waals surface area contributed by atoms with E-state index < -0.39 is 11.9 Å². The number of carbonyl (C=O) groups is 2. The average molecular weight is 364 g/mol. The molecule has 0 aliphatic carbocycles. The second-order valence-electron chi connectivity index (χ2n) is 5.99. The smallest absolute Gasteiger partial charge is 0.255 e. The molecule has 0 fully saturated rings. The van der Waals surface area contributed by atoms with E-state index in [1.165, 1.54) is 6.20 Å². The fourth-order valence-corrected chi connectivity index (χ4v) is 2.81. The first-order valence-electron chi connectivity index (χ1n) is 8.40. The van der Waals surface area contributed by atoms with Crippen LogP contribution in [0.5, 0.6) is 5.75 Å². The normalized spacial score (nSPS) is 11.6. The molecule has 0 saturated carbocycles. The number of ether oxygens (including phenoxy) is 1. The van der Waals surface area contributed by atoms with Gasteiger partial charge in [-0.05, 0) is 17.7 Å². The highest BCUT2D eigenvalue weighted by Crippen LogP contribution is 2.24. The Morgan fingerprint density at radius 3 is 2.48 bits per heavy atom. The Hall–Kier alpha value is -3.61. The molecule has 7 nitrogen and oxygen atoms in total. The Labute approximate surface area is 156 Å². The molecule has 1 atom stereocenters. The van der Waals surface area contributed by atoms with Gasteiger partial charge in [-0.25, -0.2) is 0 Å². The Kier molecular flexibility index (Phi) is 5.51. The molecule has 1 heterocycles. The number of nitrogens with two attached hydrogens (primary N) is 1. The molecule has 4 N–H and O–H groups in total. The molecule has 138 valence electrons. The number of methoxy groups -OCH3 is 1. The number of nitrogens with zero attached hydrogens (tertiary/aromatic N) is 1. The topological polar surface area (TPSA) is 110 Å². The molecule has 0 unspecified atom stereocenters. The molecule has 2 aromatic carbocycles. The van der Waals surface area contributed by atoms with Gasteiger partial charge < -0.3 is 15.8 Å². The van der Waals surface area contributed by atoms with Gasteiger partial charge in [-0.2, -0.15) is 5.10 Å². The lowest BCUT2D eigenvalue weighted by Crippen LogP contribution is -2.31. The van der Waals surface area contributed by atoms with Crippen molar-refractivity contribution in [2.45, 2.75) is 12.5 Å². The summed E-state index contributed by atoms with van der Waals surface area (Å²) in [6.45, 7) is 0. The van der Waals surface area contributed by atoms with Crippen LogP contribution in [0.2, 0.25) is 0 Å². The molecule has 7 heteroatoms. The van der Waals surface area contributed by atoms with Gasteiger partial charge in [0.1, 0.15) is 5.75 Å². The average Bonchev–Trinajstić information content (AvgIpc) is 3.18. The zero-order chi connectivity index (χ0) is 19.2. The quantitative estimate of drug-likeness (QED) is 0.598. The minimum absolute atomic E-state index is 0.0173. The SMILES string of the molecule is COc1ccc([C@H](CC(N)=O)NC(=O)c2cn[nH]c2-c2ccccc2)cc1. The van der Waals surface area contributed by atoms with Crippen molar-refractivity contribution in [3.8, 4) is 17.0 Å². The number of primary amides is 1. The first kappa shape index (κ1) is 18.2. The van der Waals surface area contributed by atoms with Crippen molar-refractivity contribution in [1.29, 1.82) is 0 Å². The number of aromatic nitrogens is 2. The molecule has 2 amide bonds. The molecule has 0 aliphatic rings. The third kappa shape index (κ3) is 4.33. The number of hydrogen-bond donors (Lipinski definition) is 3. The van der Waals surface area contributed by atoms with Crippen molar-refractivity contribution in [1.82, 2.24) is 15.5 Å². The number of benzene rings is 2. The summed E-state index contributed by atoms with van der Waals surface area (Å²) < 4.78 is 5.14. The van der Waals surface area contributed by atoms with E-state index in [2.05, 4.69) is 15.5 Å². The van der Waals surface area contributed by atoms with Crippen LogP contribution in [0.15, 0.2) is 60.8 Å². The molecule has 27 heavy (non-hydrogen) atoms. The third-order valence-electron chi connectivity index (χ3n) is 4.18. The lowest BCUT2D eigenvalue weighted by atomic mass is 10.0.